The number of hydrogen-bond donors (Lipinski definition) is 2. The molecule has 5 heteroatoms. The molecule has 0 radical (unpaired) electrons. The summed E-state index contributed by atoms with van der Waals surface area (Å²) in [6.07, 6.45) is 0. The highest BCUT2D eigenvalue weighted by atomic mass is 16.5. The number of carbonyl (C=O) groups is 1. The SMILES string of the molecule is CNC(=O)COc1cc(N)ccc1OC. The van der Waals surface area contributed by atoms with Gasteiger partial charge in [0.05, 0.1) is 7.11 Å². The van der Waals surface area contributed by atoms with E-state index in [0.717, 1.165) is 0 Å². The fraction of sp³-hybridized carbons (Fsp3) is 0.300. The molecule has 1 amide bonds. The largest absolute Gasteiger partial charge is 0.493 e. The second-order valence-corrected chi connectivity index (χ2v) is 2.87. The van der Waals surface area contributed by atoms with Crippen LogP contribution in [0.3, 0.4) is 0 Å². The van der Waals surface area contributed by atoms with E-state index in [2.05, 4.69) is 5.32 Å². The van der Waals surface area contributed by atoms with Crippen LogP contribution >= 0.6 is 0 Å². The number of anilines is 1. The van der Waals surface area contributed by atoms with Crippen molar-refractivity contribution in [1.29, 1.82) is 0 Å². The molecule has 5 nitrogen and oxygen atoms in total. The quantitative estimate of drug-likeness (QED) is 0.705. The van der Waals surface area contributed by atoms with Crippen molar-refractivity contribution in [2.75, 3.05) is 26.5 Å². The second kappa shape index (κ2) is 5.09. The highest BCUT2D eigenvalue weighted by molar-refractivity contribution is 5.77. The first-order valence-electron chi connectivity index (χ1n) is 4.44. The minimum Gasteiger partial charge on any atom is -0.493 e. The number of rotatable bonds is 4. The van der Waals surface area contributed by atoms with Crippen LogP contribution in [0, 0.1) is 0 Å². The predicted octanol–water partition coefficient (Wildman–Crippen LogP) is 0.402. The van der Waals surface area contributed by atoms with E-state index in [-0.39, 0.29) is 12.5 Å². The third kappa shape index (κ3) is 3.05. The maximum Gasteiger partial charge on any atom is 0.257 e. The lowest BCUT2D eigenvalue weighted by atomic mass is 10.3. The first-order chi connectivity index (χ1) is 7.17. The molecule has 0 spiro atoms. The average molecular weight is 210 g/mol. The molecule has 0 fully saturated rings. The molecular formula is C10H14N2O3. The Morgan fingerprint density at radius 1 is 1.47 bits per heavy atom. The van der Waals surface area contributed by atoms with Crippen LogP contribution in [-0.4, -0.2) is 26.7 Å². The van der Waals surface area contributed by atoms with Gasteiger partial charge in [-0.15, -0.1) is 0 Å². The van der Waals surface area contributed by atoms with Crippen molar-refractivity contribution in [3.05, 3.63) is 18.2 Å². The number of likely N-dealkylation sites (N-methyl/N-ethyl adjacent to an activating group) is 1. The molecule has 0 aliphatic rings. The maximum atomic E-state index is 11.0. The Bertz CT molecular complexity index is 353. The monoisotopic (exact) mass is 210 g/mol. The van der Waals surface area contributed by atoms with Crippen LogP contribution in [0.25, 0.3) is 0 Å². The van der Waals surface area contributed by atoms with Gasteiger partial charge in [0.2, 0.25) is 0 Å². The standard InChI is InChI=1S/C10H14N2O3/c1-12-10(13)6-15-9-5-7(11)3-4-8(9)14-2/h3-5H,6,11H2,1-2H3,(H,12,13). The number of hydrogen-bond acceptors (Lipinski definition) is 4. The van der Waals surface area contributed by atoms with Crippen molar-refractivity contribution in [3.63, 3.8) is 0 Å². The van der Waals surface area contributed by atoms with Gasteiger partial charge in [0.25, 0.3) is 5.91 Å². The Morgan fingerprint density at radius 2 is 2.20 bits per heavy atom. The number of nitrogens with one attached hydrogen (secondary N) is 1. The molecule has 0 unspecified atom stereocenters. The van der Waals surface area contributed by atoms with Crippen molar-refractivity contribution in [2.45, 2.75) is 0 Å². The molecule has 0 heterocycles. The van der Waals surface area contributed by atoms with Gasteiger partial charge in [-0.3, -0.25) is 4.79 Å². The lowest BCUT2D eigenvalue weighted by Gasteiger charge is -2.10. The Morgan fingerprint density at radius 3 is 2.80 bits per heavy atom. The van der Waals surface area contributed by atoms with Crippen LogP contribution in [0.4, 0.5) is 5.69 Å². The molecule has 0 bridgehead atoms. The third-order valence-electron chi connectivity index (χ3n) is 1.83. The number of ether oxygens (including phenoxy) is 2. The van der Waals surface area contributed by atoms with Crippen molar-refractivity contribution in [3.8, 4) is 11.5 Å². The van der Waals surface area contributed by atoms with Gasteiger partial charge in [0, 0.05) is 18.8 Å². The van der Waals surface area contributed by atoms with E-state index in [1.807, 2.05) is 0 Å². The molecule has 1 rings (SSSR count). The van der Waals surface area contributed by atoms with Crippen molar-refractivity contribution >= 4 is 11.6 Å². The number of methoxy groups -OCH3 is 1. The maximum absolute atomic E-state index is 11.0. The third-order valence-corrected chi connectivity index (χ3v) is 1.83. The van der Waals surface area contributed by atoms with Crippen LogP contribution in [0.1, 0.15) is 0 Å². The van der Waals surface area contributed by atoms with E-state index in [9.17, 15) is 4.79 Å². The van der Waals surface area contributed by atoms with Gasteiger partial charge >= 0.3 is 0 Å². The molecule has 1 aromatic carbocycles. The summed E-state index contributed by atoms with van der Waals surface area (Å²) in [4.78, 5) is 11.0. The molecule has 1 aromatic rings. The van der Waals surface area contributed by atoms with E-state index in [1.54, 1.807) is 25.2 Å². The molecule has 0 atom stereocenters. The van der Waals surface area contributed by atoms with E-state index < -0.39 is 0 Å². The number of carbonyl (C=O) groups excluding carboxylic acids is 1. The highest BCUT2D eigenvalue weighted by Crippen LogP contribution is 2.28. The Kier molecular flexibility index (Phi) is 3.79. The molecule has 0 aliphatic carbocycles. The first kappa shape index (κ1) is 11.2. The van der Waals surface area contributed by atoms with Gasteiger partial charge in [-0.05, 0) is 12.1 Å². The molecule has 0 aromatic heterocycles. The molecule has 0 saturated heterocycles. The van der Waals surface area contributed by atoms with Crippen LogP contribution in [0.5, 0.6) is 11.5 Å². The predicted molar refractivity (Wildman–Crippen MR) is 57.0 cm³/mol. The van der Waals surface area contributed by atoms with Crippen molar-refractivity contribution in [2.24, 2.45) is 0 Å². The average Bonchev–Trinajstić information content (AvgIpc) is 2.26. The molecule has 82 valence electrons. The zero-order valence-corrected chi connectivity index (χ0v) is 8.74. The Hall–Kier alpha value is -1.91. The summed E-state index contributed by atoms with van der Waals surface area (Å²) in [6, 6.07) is 5.00. The minimum atomic E-state index is -0.209. The van der Waals surface area contributed by atoms with Crippen molar-refractivity contribution < 1.29 is 14.3 Å². The normalized spacial score (nSPS) is 9.47. The van der Waals surface area contributed by atoms with Gasteiger partial charge in [0.15, 0.2) is 18.1 Å². The second-order valence-electron chi connectivity index (χ2n) is 2.87. The summed E-state index contributed by atoms with van der Waals surface area (Å²) in [5.41, 5.74) is 6.14. The van der Waals surface area contributed by atoms with Gasteiger partial charge in [-0.1, -0.05) is 0 Å². The molecule has 15 heavy (non-hydrogen) atoms. The number of nitrogens with two attached hydrogens (primary N) is 1. The molecule has 3 N–H and O–H groups in total. The molecular weight excluding hydrogens is 196 g/mol. The van der Waals surface area contributed by atoms with Gasteiger partial charge in [-0.2, -0.15) is 0 Å². The first-order valence-corrected chi connectivity index (χ1v) is 4.44. The smallest absolute Gasteiger partial charge is 0.257 e. The van der Waals surface area contributed by atoms with Gasteiger partial charge < -0.3 is 20.5 Å². The summed E-state index contributed by atoms with van der Waals surface area (Å²) in [6.45, 7) is -0.0592. The van der Waals surface area contributed by atoms with E-state index in [1.165, 1.54) is 7.11 Å². The topological polar surface area (TPSA) is 73.6 Å². The summed E-state index contributed by atoms with van der Waals surface area (Å²) in [5, 5.41) is 2.45. The zero-order valence-electron chi connectivity index (χ0n) is 8.74. The number of benzene rings is 1. The summed E-state index contributed by atoms with van der Waals surface area (Å²) in [5.74, 6) is 0.800. The summed E-state index contributed by atoms with van der Waals surface area (Å²) in [7, 11) is 3.07. The zero-order chi connectivity index (χ0) is 11.3. The van der Waals surface area contributed by atoms with Crippen LogP contribution in [-0.2, 0) is 4.79 Å². The molecule has 0 aliphatic heterocycles. The molecule has 0 saturated carbocycles. The minimum absolute atomic E-state index is 0.0592. The van der Waals surface area contributed by atoms with Crippen molar-refractivity contribution in [1.82, 2.24) is 5.32 Å². The Balaban J connectivity index is 2.74. The Labute approximate surface area is 88.2 Å². The van der Waals surface area contributed by atoms with Crippen LogP contribution in [0.15, 0.2) is 18.2 Å². The van der Waals surface area contributed by atoms with Crippen LogP contribution < -0.4 is 20.5 Å². The van der Waals surface area contributed by atoms with Crippen LogP contribution in [0.2, 0.25) is 0 Å². The number of amides is 1. The summed E-state index contributed by atoms with van der Waals surface area (Å²) < 4.78 is 10.3. The van der Waals surface area contributed by atoms with E-state index in [0.29, 0.717) is 17.2 Å². The fourth-order valence-electron chi connectivity index (χ4n) is 1.02. The lowest BCUT2D eigenvalue weighted by Crippen LogP contribution is -2.24. The van der Waals surface area contributed by atoms with Gasteiger partial charge in [0.1, 0.15) is 0 Å². The van der Waals surface area contributed by atoms with E-state index >= 15 is 0 Å². The fourth-order valence-corrected chi connectivity index (χ4v) is 1.02. The summed E-state index contributed by atoms with van der Waals surface area (Å²) >= 11 is 0. The highest BCUT2D eigenvalue weighted by Gasteiger charge is 2.06. The lowest BCUT2D eigenvalue weighted by molar-refractivity contribution is -0.122. The number of nitrogen functional groups attached to an aromatic ring is 1. The van der Waals surface area contributed by atoms with E-state index in [4.69, 9.17) is 15.2 Å². The van der Waals surface area contributed by atoms with Gasteiger partial charge in [-0.25, -0.2) is 0 Å².